The van der Waals surface area contributed by atoms with Crippen LogP contribution in [-0.2, 0) is 4.79 Å². The van der Waals surface area contributed by atoms with E-state index >= 15 is 0 Å². The summed E-state index contributed by atoms with van der Waals surface area (Å²) in [4.78, 5) is 23.6. The van der Waals surface area contributed by atoms with Crippen molar-refractivity contribution >= 4 is 11.8 Å². The number of ether oxygens (including phenoxy) is 1. The van der Waals surface area contributed by atoms with E-state index in [4.69, 9.17) is 9.84 Å². The highest BCUT2D eigenvalue weighted by Crippen LogP contribution is 2.60. The third kappa shape index (κ3) is 3.76. The Labute approximate surface area is 177 Å². The fourth-order valence-electron chi connectivity index (χ4n) is 6.80. The second-order valence-corrected chi connectivity index (χ2v) is 10.7. The molecule has 1 aromatic rings. The van der Waals surface area contributed by atoms with Crippen LogP contribution in [0.25, 0.3) is 0 Å². The Morgan fingerprint density at radius 2 is 1.73 bits per heavy atom. The molecule has 5 fully saturated rings. The number of benzene rings is 1. The summed E-state index contributed by atoms with van der Waals surface area (Å²) in [5, 5.41) is 9.06. The zero-order valence-corrected chi connectivity index (χ0v) is 17.7. The van der Waals surface area contributed by atoms with E-state index in [1.54, 1.807) is 6.07 Å². The van der Waals surface area contributed by atoms with Crippen molar-refractivity contribution in [3.05, 3.63) is 29.1 Å². The molecule has 162 valence electrons. The van der Waals surface area contributed by atoms with Crippen molar-refractivity contribution < 1.29 is 23.8 Å². The van der Waals surface area contributed by atoms with Crippen molar-refractivity contribution in [1.82, 2.24) is 0 Å². The summed E-state index contributed by atoms with van der Waals surface area (Å²) in [6, 6.07) is 3.02. The first-order valence-electron chi connectivity index (χ1n) is 11.5. The Morgan fingerprint density at radius 3 is 2.27 bits per heavy atom. The molecular weight excluding hydrogens is 383 g/mol. The van der Waals surface area contributed by atoms with Crippen LogP contribution in [0, 0.1) is 34.9 Å². The van der Waals surface area contributed by atoms with Crippen LogP contribution in [-0.4, -0.2) is 23.5 Å². The molecular formula is C25H31FO4. The van der Waals surface area contributed by atoms with Gasteiger partial charge in [-0.05, 0) is 86.7 Å². The summed E-state index contributed by atoms with van der Waals surface area (Å²) in [6.45, 7) is 2.13. The quantitative estimate of drug-likeness (QED) is 0.563. The van der Waals surface area contributed by atoms with Crippen molar-refractivity contribution in [3.8, 4) is 5.75 Å². The largest absolute Gasteiger partial charge is 0.493 e. The van der Waals surface area contributed by atoms with Gasteiger partial charge in [-0.2, -0.15) is 0 Å². The number of halogens is 1. The standard InChI is InChI=1S/C25H31FO4/c1-14(24(28)29)4-22(27)20-8-19(18-2-3-18)23(9-21(20)26)30-13-25-10-15-5-16(11-25)7-17(6-15)12-25/h8-9,14-18H,2-7,10-13H2,1H3,(H,28,29)/t14-,15?,16?,17?,25?/m1/s1. The Hall–Kier alpha value is -1.91. The van der Waals surface area contributed by atoms with E-state index in [1.807, 2.05) is 0 Å². The van der Waals surface area contributed by atoms with Crippen LogP contribution in [0.1, 0.15) is 86.6 Å². The van der Waals surface area contributed by atoms with Crippen molar-refractivity contribution in [3.63, 3.8) is 0 Å². The first-order valence-corrected chi connectivity index (χ1v) is 11.5. The van der Waals surface area contributed by atoms with Crippen LogP contribution < -0.4 is 4.74 Å². The van der Waals surface area contributed by atoms with E-state index in [1.165, 1.54) is 51.5 Å². The lowest BCUT2D eigenvalue weighted by atomic mass is 9.50. The lowest BCUT2D eigenvalue weighted by molar-refractivity contribution is -0.141. The molecule has 0 radical (unpaired) electrons. The molecule has 5 aliphatic carbocycles. The minimum atomic E-state index is -1.04. The molecule has 0 amide bonds. The van der Waals surface area contributed by atoms with Gasteiger partial charge in [0.1, 0.15) is 11.6 Å². The molecule has 5 aliphatic rings. The lowest BCUT2D eigenvalue weighted by Gasteiger charge is -2.56. The number of ketones is 1. The maximum Gasteiger partial charge on any atom is 0.306 e. The number of hydrogen-bond donors (Lipinski definition) is 1. The third-order valence-corrected chi connectivity index (χ3v) is 8.03. The molecule has 0 aromatic heterocycles. The van der Waals surface area contributed by atoms with E-state index in [0.717, 1.165) is 36.2 Å². The second kappa shape index (κ2) is 7.35. The number of Topliss-reactive ketones (excluding diaryl/α,β-unsaturated/α-hetero) is 1. The first-order chi connectivity index (χ1) is 14.3. The van der Waals surface area contributed by atoms with Gasteiger partial charge in [0.15, 0.2) is 5.78 Å². The number of hydrogen-bond acceptors (Lipinski definition) is 3. The van der Waals surface area contributed by atoms with Crippen molar-refractivity contribution in [2.75, 3.05) is 6.61 Å². The molecule has 30 heavy (non-hydrogen) atoms. The van der Waals surface area contributed by atoms with Gasteiger partial charge in [-0.3, -0.25) is 9.59 Å². The number of aliphatic carboxylic acids is 1. The third-order valence-electron chi connectivity index (χ3n) is 8.03. The highest BCUT2D eigenvalue weighted by atomic mass is 19.1. The summed E-state index contributed by atoms with van der Waals surface area (Å²) in [5.74, 6) is 0.533. The monoisotopic (exact) mass is 414 g/mol. The Balaban J connectivity index is 1.35. The Morgan fingerprint density at radius 1 is 1.13 bits per heavy atom. The van der Waals surface area contributed by atoms with Gasteiger partial charge in [0, 0.05) is 17.9 Å². The SMILES string of the molecule is C[C@H](CC(=O)c1cc(C2CC2)c(OCC23CC4CC(CC(C4)C2)C3)cc1F)C(=O)O. The van der Waals surface area contributed by atoms with Crippen LogP contribution in [0.5, 0.6) is 5.75 Å². The molecule has 0 unspecified atom stereocenters. The molecule has 5 saturated carbocycles. The van der Waals surface area contributed by atoms with Gasteiger partial charge in [-0.1, -0.05) is 6.92 Å². The van der Waals surface area contributed by atoms with Crippen LogP contribution in [0.15, 0.2) is 12.1 Å². The van der Waals surface area contributed by atoms with Crippen molar-refractivity contribution in [1.29, 1.82) is 0 Å². The smallest absolute Gasteiger partial charge is 0.306 e. The van der Waals surface area contributed by atoms with E-state index in [2.05, 4.69) is 0 Å². The minimum absolute atomic E-state index is 0.00662. The molecule has 6 rings (SSSR count). The number of carbonyl (C=O) groups is 2. The molecule has 0 heterocycles. The van der Waals surface area contributed by atoms with Crippen molar-refractivity contribution in [2.24, 2.45) is 29.1 Å². The number of carboxylic acid groups (broad SMARTS) is 1. The second-order valence-electron chi connectivity index (χ2n) is 10.7. The van der Waals surface area contributed by atoms with Crippen LogP contribution >= 0.6 is 0 Å². The van der Waals surface area contributed by atoms with E-state index in [9.17, 15) is 14.0 Å². The molecule has 1 N–H and O–H groups in total. The van der Waals surface area contributed by atoms with Gasteiger partial charge in [-0.15, -0.1) is 0 Å². The zero-order valence-electron chi connectivity index (χ0n) is 17.7. The van der Waals surface area contributed by atoms with Crippen LogP contribution in [0.3, 0.4) is 0 Å². The maximum absolute atomic E-state index is 14.9. The minimum Gasteiger partial charge on any atom is -0.493 e. The molecule has 0 spiro atoms. The average molecular weight is 415 g/mol. The number of carboxylic acids is 1. The molecule has 0 aliphatic heterocycles. The van der Waals surface area contributed by atoms with Gasteiger partial charge in [0.05, 0.1) is 18.1 Å². The fourth-order valence-corrected chi connectivity index (χ4v) is 6.80. The van der Waals surface area contributed by atoms with Crippen molar-refractivity contribution in [2.45, 2.75) is 70.6 Å². The highest BCUT2D eigenvalue weighted by molar-refractivity contribution is 5.98. The summed E-state index contributed by atoms with van der Waals surface area (Å²) >= 11 is 0. The van der Waals surface area contributed by atoms with Crippen LogP contribution in [0.4, 0.5) is 4.39 Å². The van der Waals surface area contributed by atoms with E-state index < -0.39 is 23.5 Å². The molecule has 1 aromatic carbocycles. The topological polar surface area (TPSA) is 63.6 Å². The normalized spacial score (nSPS) is 32.8. The summed E-state index contributed by atoms with van der Waals surface area (Å²) in [6.07, 6.45) is 9.73. The zero-order chi connectivity index (χ0) is 21.0. The average Bonchev–Trinajstić information content (AvgIpc) is 3.50. The lowest BCUT2D eigenvalue weighted by Crippen LogP contribution is -2.48. The number of rotatable bonds is 8. The van der Waals surface area contributed by atoms with Crippen LogP contribution in [0.2, 0.25) is 0 Å². The molecule has 4 nitrogen and oxygen atoms in total. The highest BCUT2D eigenvalue weighted by Gasteiger charge is 2.51. The molecule has 4 bridgehead atoms. The fraction of sp³-hybridized carbons (Fsp3) is 0.680. The number of carbonyl (C=O) groups excluding carboxylic acids is 1. The van der Waals surface area contributed by atoms with E-state index in [0.29, 0.717) is 18.3 Å². The van der Waals surface area contributed by atoms with Gasteiger partial charge in [-0.25, -0.2) is 4.39 Å². The first kappa shape index (κ1) is 20.0. The Bertz CT molecular complexity index is 837. The van der Waals surface area contributed by atoms with Gasteiger partial charge >= 0.3 is 5.97 Å². The molecule has 1 atom stereocenters. The summed E-state index contributed by atoms with van der Waals surface area (Å²) in [5.41, 5.74) is 1.18. The predicted octanol–water partition coefficient (Wildman–Crippen LogP) is 5.59. The van der Waals surface area contributed by atoms with E-state index in [-0.39, 0.29) is 17.4 Å². The van der Waals surface area contributed by atoms with Gasteiger partial charge in [0.2, 0.25) is 0 Å². The summed E-state index contributed by atoms with van der Waals surface area (Å²) in [7, 11) is 0. The summed E-state index contributed by atoms with van der Waals surface area (Å²) < 4.78 is 21.2. The van der Waals surface area contributed by atoms with Gasteiger partial charge in [0.25, 0.3) is 0 Å². The Kier molecular flexibility index (Phi) is 4.90. The maximum atomic E-state index is 14.9. The molecule has 0 saturated heterocycles. The predicted molar refractivity (Wildman–Crippen MR) is 110 cm³/mol. The van der Waals surface area contributed by atoms with Gasteiger partial charge < -0.3 is 9.84 Å². The molecule has 5 heteroatoms.